The highest BCUT2D eigenvalue weighted by Crippen LogP contribution is 2.17. The molecule has 1 aromatic rings. The molecule has 1 amide bonds. The summed E-state index contributed by atoms with van der Waals surface area (Å²) in [5.74, 6) is -0.0533. The first-order valence-electron chi connectivity index (χ1n) is 4.62. The van der Waals surface area contributed by atoms with Gasteiger partial charge in [0.1, 0.15) is 0 Å². The molecule has 2 nitrogen and oxygen atoms in total. The van der Waals surface area contributed by atoms with Crippen molar-refractivity contribution in [3.05, 3.63) is 34.9 Å². The van der Waals surface area contributed by atoms with Crippen molar-refractivity contribution in [3.63, 3.8) is 0 Å². The Labute approximate surface area is 103 Å². The van der Waals surface area contributed by atoms with Crippen molar-refractivity contribution < 1.29 is 4.79 Å². The number of benzene rings is 1. The molecule has 0 aliphatic rings. The summed E-state index contributed by atoms with van der Waals surface area (Å²) in [6.07, 6.45) is 0. The Hall–Kier alpha value is -0.540. The predicted octanol–water partition coefficient (Wildman–Crippen LogP) is 3.13. The summed E-state index contributed by atoms with van der Waals surface area (Å²) in [6, 6.07) is 7.46. The van der Waals surface area contributed by atoms with Crippen LogP contribution in [0.3, 0.4) is 0 Å². The average molecular weight is 291 g/mol. The minimum atomic E-state index is -0.547. The molecule has 0 heterocycles. The van der Waals surface area contributed by atoms with E-state index in [-0.39, 0.29) is 5.91 Å². The van der Waals surface area contributed by atoms with E-state index < -0.39 is 4.32 Å². The fourth-order valence-electron chi connectivity index (χ4n) is 1.03. The highest BCUT2D eigenvalue weighted by atomic mass is 79.9. The third-order valence-corrected chi connectivity index (χ3v) is 2.67. The molecule has 0 radical (unpaired) electrons. The third kappa shape index (κ3) is 3.84. The number of alkyl halides is 1. The van der Waals surface area contributed by atoms with E-state index in [1.165, 1.54) is 0 Å². The van der Waals surface area contributed by atoms with E-state index in [4.69, 9.17) is 11.6 Å². The van der Waals surface area contributed by atoms with Crippen molar-refractivity contribution in [1.82, 2.24) is 5.32 Å². The standard InChI is InChI=1S/C11H13BrClNO/c1-11(2,12)10(15)14-7-8-5-3-4-6-9(8)13/h3-6H,7H2,1-2H3,(H,14,15). The van der Waals surface area contributed by atoms with E-state index in [2.05, 4.69) is 21.2 Å². The molecule has 0 fully saturated rings. The monoisotopic (exact) mass is 289 g/mol. The van der Waals surface area contributed by atoms with Crippen molar-refractivity contribution in [2.24, 2.45) is 0 Å². The van der Waals surface area contributed by atoms with Gasteiger partial charge in [-0.05, 0) is 25.5 Å². The summed E-state index contributed by atoms with van der Waals surface area (Å²) < 4.78 is -0.547. The number of amides is 1. The van der Waals surface area contributed by atoms with Crippen LogP contribution in [-0.4, -0.2) is 10.2 Å². The van der Waals surface area contributed by atoms with Crippen LogP contribution in [0.25, 0.3) is 0 Å². The molecule has 1 rings (SSSR count). The zero-order valence-electron chi connectivity index (χ0n) is 8.68. The van der Waals surface area contributed by atoms with E-state index in [0.29, 0.717) is 11.6 Å². The van der Waals surface area contributed by atoms with Crippen LogP contribution in [0.1, 0.15) is 19.4 Å². The molecule has 1 aromatic carbocycles. The van der Waals surface area contributed by atoms with Crippen molar-refractivity contribution in [3.8, 4) is 0 Å². The number of carbonyl (C=O) groups excluding carboxylic acids is 1. The van der Waals surface area contributed by atoms with Crippen LogP contribution in [0.2, 0.25) is 5.02 Å². The second kappa shape index (κ2) is 4.99. The van der Waals surface area contributed by atoms with Crippen LogP contribution >= 0.6 is 27.5 Å². The van der Waals surface area contributed by atoms with Gasteiger partial charge in [-0.15, -0.1) is 0 Å². The molecule has 0 aliphatic heterocycles. The van der Waals surface area contributed by atoms with Crippen molar-refractivity contribution in [2.45, 2.75) is 24.7 Å². The zero-order valence-corrected chi connectivity index (χ0v) is 11.0. The lowest BCUT2D eigenvalue weighted by atomic mass is 10.2. The Morgan fingerprint density at radius 1 is 1.47 bits per heavy atom. The topological polar surface area (TPSA) is 29.1 Å². The molecular weight excluding hydrogens is 277 g/mol. The number of hydrogen-bond acceptors (Lipinski definition) is 1. The smallest absolute Gasteiger partial charge is 0.236 e. The minimum Gasteiger partial charge on any atom is -0.351 e. The minimum absolute atomic E-state index is 0.0533. The zero-order chi connectivity index (χ0) is 11.5. The van der Waals surface area contributed by atoms with Gasteiger partial charge in [0.2, 0.25) is 5.91 Å². The van der Waals surface area contributed by atoms with Gasteiger partial charge < -0.3 is 5.32 Å². The van der Waals surface area contributed by atoms with E-state index in [0.717, 1.165) is 5.56 Å². The van der Waals surface area contributed by atoms with Crippen molar-refractivity contribution in [1.29, 1.82) is 0 Å². The molecule has 4 heteroatoms. The van der Waals surface area contributed by atoms with E-state index in [1.807, 2.05) is 24.3 Å². The normalized spacial score (nSPS) is 11.2. The SMILES string of the molecule is CC(C)(Br)C(=O)NCc1ccccc1Cl. The summed E-state index contributed by atoms with van der Waals surface area (Å²) in [5.41, 5.74) is 0.921. The van der Waals surface area contributed by atoms with E-state index >= 15 is 0 Å². The van der Waals surface area contributed by atoms with Crippen LogP contribution in [0.4, 0.5) is 0 Å². The lowest BCUT2D eigenvalue weighted by Crippen LogP contribution is -2.37. The highest BCUT2D eigenvalue weighted by molar-refractivity contribution is 9.10. The van der Waals surface area contributed by atoms with Gasteiger partial charge in [-0.2, -0.15) is 0 Å². The summed E-state index contributed by atoms with van der Waals surface area (Å²) in [6.45, 7) is 4.05. The Bertz CT molecular complexity index is 360. The van der Waals surface area contributed by atoms with E-state index in [9.17, 15) is 4.79 Å². The number of rotatable bonds is 3. The molecule has 82 valence electrons. The highest BCUT2D eigenvalue weighted by Gasteiger charge is 2.22. The first-order chi connectivity index (χ1) is 6.91. The molecule has 0 spiro atoms. The number of nitrogens with one attached hydrogen (secondary N) is 1. The Morgan fingerprint density at radius 3 is 2.60 bits per heavy atom. The molecule has 0 aromatic heterocycles. The lowest BCUT2D eigenvalue weighted by Gasteiger charge is -2.16. The fourth-order valence-corrected chi connectivity index (χ4v) is 1.37. The maximum Gasteiger partial charge on any atom is 0.236 e. The number of halogens is 2. The molecule has 0 unspecified atom stereocenters. The van der Waals surface area contributed by atoms with Gasteiger partial charge in [-0.25, -0.2) is 0 Å². The van der Waals surface area contributed by atoms with Gasteiger partial charge in [-0.3, -0.25) is 4.79 Å². The second-order valence-corrected chi connectivity index (χ2v) is 6.14. The molecule has 0 saturated heterocycles. The summed E-state index contributed by atoms with van der Waals surface area (Å²) >= 11 is 9.25. The van der Waals surface area contributed by atoms with Crippen LogP contribution in [0.5, 0.6) is 0 Å². The first kappa shape index (κ1) is 12.5. The van der Waals surface area contributed by atoms with Gasteiger partial charge in [0.25, 0.3) is 0 Å². The van der Waals surface area contributed by atoms with Crippen LogP contribution < -0.4 is 5.32 Å². The van der Waals surface area contributed by atoms with Crippen LogP contribution in [-0.2, 0) is 11.3 Å². The molecule has 15 heavy (non-hydrogen) atoms. The van der Waals surface area contributed by atoms with Gasteiger partial charge in [0, 0.05) is 11.6 Å². The maximum atomic E-state index is 11.5. The maximum absolute atomic E-state index is 11.5. The van der Waals surface area contributed by atoms with Crippen molar-refractivity contribution >= 4 is 33.4 Å². The molecule has 0 saturated carbocycles. The van der Waals surface area contributed by atoms with Gasteiger partial charge in [-0.1, -0.05) is 45.7 Å². The Morgan fingerprint density at radius 2 is 2.07 bits per heavy atom. The number of carbonyl (C=O) groups is 1. The van der Waals surface area contributed by atoms with Crippen molar-refractivity contribution in [2.75, 3.05) is 0 Å². The third-order valence-electron chi connectivity index (χ3n) is 1.94. The van der Waals surface area contributed by atoms with Gasteiger partial charge >= 0.3 is 0 Å². The number of hydrogen-bond donors (Lipinski definition) is 1. The van der Waals surface area contributed by atoms with E-state index in [1.54, 1.807) is 13.8 Å². The first-order valence-corrected chi connectivity index (χ1v) is 5.79. The molecule has 0 aliphatic carbocycles. The lowest BCUT2D eigenvalue weighted by molar-refractivity contribution is -0.122. The van der Waals surface area contributed by atoms with Crippen LogP contribution in [0.15, 0.2) is 24.3 Å². The summed E-state index contributed by atoms with van der Waals surface area (Å²) in [5, 5.41) is 3.48. The molecule has 0 bridgehead atoms. The van der Waals surface area contributed by atoms with Gasteiger partial charge in [0.05, 0.1) is 4.32 Å². The summed E-state index contributed by atoms with van der Waals surface area (Å²) in [7, 11) is 0. The fraction of sp³-hybridized carbons (Fsp3) is 0.364. The molecule has 1 N–H and O–H groups in total. The van der Waals surface area contributed by atoms with Crippen LogP contribution in [0, 0.1) is 0 Å². The summed E-state index contributed by atoms with van der Waals surface area (Å²) in [4.78, 5) is 11.5. The molecule has 0 atom stereocenters. The molecular formula is C11H13BrClNO. The predicted molar refractivity (Wildman–Crippen MR) is 66.3 cm³/mol. The largest absolute Gasteiger partial charge is 0.351 e. The Balaban J connectivity index is 2.59. The average Bonchev–Trinajstić information content (AvgIpc) is 2.14. The second-order valence-electron chi connectivity index (χ2n) is 3.75. The quantitative estimate of drug-likeness (QED) is 0.852. The Kier molecular flexibility index (Phi) is 4.17. The van der Waals surface area contributed by atoms with Gasteiger partial charge in [0.15, 0.2) is 0 Å².